The fourth-order valence-corrected chi connectivity index (χ4v) is 6.57. The summed E-state index contributed by atoms with van der Waals surface area (Å²) in [6, 6.07) is 30.6. The standard InChI is InChI=1S/C23H28N2.C15H18N2/c1-18-13-19(2)15-22(14-18)23(20(3)16-24)9-11-25(12-10-23)17-21-7-5-4-6-8-21;1-13(16-2)15-8-10-17(11-9-15)12-14-6-4-3-5-7-14/h4-8,13-15,20H,9-12,17H2,1-3H3;3-7H,8-12H2,1H3. The van der Waals surface area contributed by atoms with Crippen LogP contribution in [0.4, 0.5) is 0 Å². The molecule has 0 aliphatic carbocycles. The van der Waals surface area contributed by atoms with Crippen molar-refractivity contribution in [1.82, 2.24) is 9.80 Å². The van der Waals surface area contributed by atoms with Gasteiger partial charge in [0.15, 0.2) is 5.70 Å². The van der Waals surface area contributed by atoms with Gasteiger partial charge in [-0.1, -0.05) is 95.6 Å². The summed E-state index contributed by atoms with van der Waals surface area (Å²) >= 11 is 0. The zero-order valence-corrected chi connectivity index (χ0v) is 25.9. The van der Waals surface area contributed by atoms with E-state index in [0.29, 0.717) is 0 Å². The topological polar surface area (TPSA) is 34.6 Å². The van der Waals surface area contributed by atoms with Crippen molar-refractivity contribution in [3.05, 3.63) is 129 Å². The van der Waals surface area contributed by atoms with E-state index in [-0.39, 0.29) is 11.3 Å². The average Bonchev–Trinajstić information content (AvgIpc) is 3.02. The van der Waals surface area contributed by atoms with Gasteiger partial charge in [-0.3, -0.25) is 9.80 Å². The number of nitriles is 1. The van der Waals surface area contributed by atoms with Crippen LogP contribution in [0.5, 0.6) is 0 Å². The van der Waals surface area contributed by atoms with E-state index in [4.69, 9.17) is 6.57 Å². The lowest BCUT2D eigenvalue weighted by Crippen LogP contribution is -2.45. The highest BCUT2D eigenvalue weighted by Gasteiger charge is 2.41. The number of piperidine rings is 2. The van der Waals surface area contributed by atoms with Crippen molar-refractivity contribution in [3.63, 3.8) is 0 Å². The summed E-state index contributed by atoms with van der Waals surface area (Å²) in [5.41, 5.74) is 8.94. The number of aryl methyl sites for hydroxylation is 2. The van der Waals surface area contributed by atoms with Crippen molar-refractivity contribution in [1.29, 1.82) is 5.26 Å². The van der Waals surface area contributed by atoms with Gasteiger partial charge in [-0.2, -0.15) is 5.26 Å². The van der Waals surface area contributed by atoms with E-state index in [9.17, 15) is 5.26 Å². The number of likely N-dealkylation sites (tertiary alicyclic amines) is 2. The van der Waals surface area contributed by atoms with Gasteiger partial charge in [0, 0.05) is 31.6 Å². The maximum Gasteiger partial charge on any atom is 0.161 e. The highest BCUT2D eigenvalue weighted by atomic mass is 15.1. The molecule has 0 bridgehead atoms. The third-order valence-corrected chi connectivity index (χ3v) is 9.20. The van der Waals surface area contributed by atoms with Crippen molar-refractivity contribution >= 4 is 0 Å². The van der Waals surface area contributed by atoms with E-state index in [1.807, 2.05) is 6.92 Å². The predicted octanol–water partition coefficient (Wildman–Crippen LogP) is 8.47. The van der Waals surface area contributed by atoms with Crippen molar-refractivity contribution in [3.8, 4) is 6.07 Å². The lowest BCUT2D eigenvalue weighted by molar-refractivity contribution is 0.130. The Morgan fingerprint density at radius 3 is 1.76 bits per heavy atom. The van der Waals surface area contributed by atoms with Crippen LogP contribution in [-0.4, -0.2) is 36.0 Å². The SMILES string of the molecule is Cc1cc(C)cc(C2(C(C)C#N)CCN(Cc3ccccc3)CC2)c1.[C-]#[N+]C(C)=C1CCN(Cc2ccccc2)CC1. The third-order valence-electron chi connectivity index (χ3n) is 9.20. The molecule has 1 unspecified atom stereocenters. The summed E-state index contributed by atoms with van der Waals surface area (Å²) in [6.45, 7) is 21.7. The molecule has 42 heavy (non-hydrogen) atoms. The molecule has 4 nitrogen and oxygen atoms in total. The first-order valence-electron chi connectivity index (χ1n) is 15.4. The molecule has 1 atom stereocenters. The van der Waals surface area contributed by atoms with Crippen LogP contribution < -0.4 is 0 Å². The first-order valence-corrected chi connectivity index (χ1v) is 15.4. The predicted molar refractivity (Wildman–Crippen MR) is 174 cm³/mol. The molecule has 3 aromatic carbocycles. The number of benzene rings is 3. The fraction of sp³-hybridized carbons (Fsp3) is 0.421. The molecule has 2 fully saturated rings. The molecule has 5 rings (SSSR count). The monoisotopic (exact) mass is 558 g/mol. The molecule has 2 aliphatic rings. The van der Waals surface area contributed by atoms with E-state index in [0.717, 1.165) is 70.6 Å². The third kappa shape index (κ3) is 8.19. The number of rotatable bonds is 6. The molecule has 2 saturated heterocycles. The van der Waals surface area contributed by atoms with E-state index in [1.165, 1.54) is 33.4 Å². The maximum atomic E-state index is 9.69. The van der Waals surface area contributed by atoms with Gasteiger partial charge in [-0.15, -0.1) is 0 Å². The Kier molecular flexibility index (Phi) is 11.1. The Balaban J connectivity index is 0.000000208. The van der Waals surface area contributed by atoms with E-state index in [2.05, 4.69) is 120 Å². The van der Waals surface area contributed by atoms with Gasteiger partial charge in [0.25, 0.3) is 0 Å². The van der Waals surface area contributed by atoms with Crippen LogP contribution in [0.1, 0.15) is 67.3 Å². The van der Waals surface area contributed by atoms with Crippen LogP contribution in [0.2, 0.25) is 0 Å². The van der Waals surface area contributed by atoms with Crippen molar-refractivity contribution in [2.75, 3.05) is 26.2 Å². The van der Waals surface area contributed by atoms with Gasteiger partial charge in [0.2, 0.25) is 0 Å². The minimum absolute atomic E-state index is 0.0152. The molecule has 0 radical (unpaired) electrons. The Hall–Kier alpha value is -3.70. The summed E-state index contributed by atoms with van der Waals surface area (Å²) in [5.74, 6) is 0.0348. The molecular weight excluding hydrogens is 512 g/mol. The Labute approximate surface area is 254 Å². The minimum atomic E-state index is -0.0152. The first-order chi connectivity index (χ1) is 20.3. The van der Waals surface area contributed by atoms with E-state index < -0.39 is 0 Å². The maximum absolute atomic E-state index is 9.69. The summed E-state index contributed by atoms with van der Waals surface area (Å²) in [5, 5.41) is 9.69. The lowest BCUT2D eigenvalue weighted by atomic mass is 9.65. The molecule has 0 saturated carbocycles. The molecule has 3 aromatic rings. The van der Waals surface area contributed by atoms with Gasteiger partial charge in [0.1, 0.15) is 0 Å². The zero-order valence-electron chi connectivity index (χ0n) is 25.9. The molecule has 4 heteroatoms. The molecular formula is C38H46N4. The second-order valence-corrected chi connectivity index (χ2v) is 12.2. The lowest BCUT2D eigenvalue weighted by Gasteiger charge is -2.44. The van der Waals surface area contributed by atoms with Crippen molar-refractivity contribution < 1.29 is 0 Å². The summed E-state index contributed by atoms with van der Waals surface area (Å²) < 4.78 is 0. The largest absolute Gasteiger partial charge is 0.299 e. The molecule has 0 aromatic heterocycles. The molecule has 2 aliphatic heterocycles. The van der Waals surface area contributed by atoms with Gasteiger partial charge in [-0.05, 0) is 83.2 Å². The summed E-state index contributed by atoms with van der Waals surface area (Å²) in [7, 11) is 0. The van der Waals surface area contributed by atoms with Crippen LogP contribution in [-0.2, 0) is 18.5 Å². The van der Waals surface area contributed by atoms with Crippen LogP contribution in [0, 0.1) is 37.7 Å². The second-order valence-electron chi connectivity index (χ2n) is 12.2. The Morgan fingerprint density at radius 1 is 0.833 bits per heavy atom. The zero-order chi connectivity index (χ0) is 30.0. The molecule has 2 heterocycles. The van der Waals surface area contributed by atoms with Crippen LogP contribution >= 0.6 is 0 Å². The summed E-state index contributed by atoms with van der Waals surface area (Å²) in [4.78, 5) is 8.53. The van der Waals surface area contributed by atoms with Gasteiger partial charge in [0.05, 0.1) is 18.6 Å². The summed E-state index contributed by atoms with van der Waals surface area (Å²) in [6.07, 6.45) is 4.22. The highest BCUT2D eigenvalue weighted by molar-refractivity contribution is 5.36. The highest BCUT2D eigenvalue weighted by Crippen LogP contribution is 2.42. The van der Waals surface area contributed by atoms with E-state index >= 15 is 0 Å². The Bertz CT molecular complexity index is 1370. The molecule has 218 valence electrons. The van der Waals surface area contributed by atoms with Crippen molar-refractivity contribution in [2.24, 2.45) is 5.92 Å². The van der Waals surface area contributed by atoms with E-state index in [1.54, 1.807) is 0 Å². The molecule has 0 amide bonds. The van der Waals surface area contributed by atoms with Crippen LogP contribution in [0.25, 0.3) is 4.85 Å². The Morgan fingerprint density at radius 2 is 1.31 bits per heavy atom. The molecule has 0 spiro atoms. The number of hydrogen-bond donors (Lipinski definition) is 0. The number of nitrogens with zero attached hydrogens (tertiary/aromatic N) is 4. The fourth-order valence-electron chi connectivity index (χ4n) is 6.57. The van der Waals surface area contributed by atoms with Crippen LogP contribution in [0.15, 0.2) is 90.1 Å². The van der Waals surface area contributed by atoms with Crippen LogP contribution in [0.3, 0.4) is 0 Å². The van der Waals surface area contributed by atoms with Gasteiger partial charge < -0.3 is 0 Å². The second kappa shape index (κ2) is 15.0. The average molecular weight is 559 g/mol. The van der Waals surface area contributed by atoms with Crippen molar-refractivity contribution in [2.45, 2.75) is 71.9 Å². The molecule has 0 N–H and O–H groups in total. The smallest absolute Gasteiger partial charge is 0.161 e. The first kappa shape index (κ1) is 31.2. The number of allylic oxidation sites excluding steroid dienone is 1. The number of hydrogen-bond acceptors (Lipinski definition) is 3. The quantitative estimate of drug-likeness (QED) is 0.285. The normalized spacial score (nSPS) is 17.7. The van der Waals surface area contributed by atoms with Gasteiger partial charge >= 0.3 is 0 Å². The van der Waals surface area contributed by atoms with Gasteiger partial charge in [-0.25, -0.2) is 4.85 Å². The minimum Gasteiger partial charge on any atom is -0.299 e.